The number of nitrogens with one attached hydrogen (secondary N) is 2. The maximum Gasteiger partial charge on any atom is 0.322 e. The summed E-state index contributed by atoms with van der Waals surface area (Å²) < 4.78 is 0. The number of amides is 2. The van der Waals surface area contributed by atoms with E-state index < -0.39 is 0 Å². The quantitative estimate of drug-likeness (QED) is 0.411. The molecule has 0 aromatic carbocycles. The van der Waals surface area contributed by atoms with E-state index in [1.165, 1.54) is 4.90 Å². The second-order valence-electron chi connectivity index (χ2n) is 1.91. The lowest BCUT2D eigenvalue weighted by atomic mass is 10.4. The first-order valence-corrected chi connectivity index (χ1v) is 3.16. The number of nitrogens with zero attached hydrogens (tertiary/aromatic N) is 1. The molecular formula is C6H13N3O. The van der Waals surface area contributed by atoms with Crippen molar-refractivity contribution in [3.05, 3.63) is 0 Å². The number of carbonyl (C=O) groups is 1. The summed E-state index contributed by atoms with van der Waals surface area (Å²) in [6, 6.07) is -0.244. The highest BCUT2D eigenvalue weighted by molar-refractivity contribution is 5.95. The predicted molar refractivity (Wildman–Crippen MR) is 40.2 cm³/mol. The molecule has 0 aromatic rings. The molecule has 10 heavy (non-hydrogen) atoms. The third kappa shape index (κ3) is 2.05. The Morgan fingerprint density at radius 3 is 2.50 bits per heavy atom. The average molecular weight is 143 g/mol. The summed E-state index contributed by atoms with van der Waals surface area (Å²) in [4.78, 5) is 12.1. The molecule has 0 aliphatic heterocycles. The molecule has 0 fully saturated rings. The predicted octanol–water partition coefficient (Wildman–Crippen LogP) is 0.645. The van der Waals surface area contributed by atoms with E-state index in [-0.39, 0.29) is 6.03 Å². The molecule has 0 unspecified atom stereocenters. The summed E-state index contributed by atoms with van der Waals surface area (Å²) in [6.07, 6.45) is 0.573. The topological polar surface area (TPSA) is 56.2 Å². The molecule has 0 atom stereocenters. The molecule has 4 nitrogen and oxygen atoms in total. The Hall–Kier alpha value is -1.06. The molecular weight excluding hydrogens is 130 g/mol. The Labute approximate surface area is 60.7 Å². The van der Waals surface area contributed by atoms with Crippen molar-refractivity contribution in [2.24, 2.45) is 0 Å². The van der Waals surface area contributed by atoms with E-state index in [9.17, 15) is 4.79 Å². The minimum atomic E-state index is -0.244. The molecule has 0 aromatic heterocycles. The van der Waals surface area contributed by atoms with Gasteiger partial charge in [-0.05, 0) is 0 Å². The minimum Gasteiger partial charge on any atom is -0.341 e. The van der Waals surface area contributed by atoms with Crippen LogP contribution in [-0.2, 0) is 0 Å². The van der Waals surface area contributed by atoms with Gasteiger partial charge in [0.1, 0.15) is 5.84 Å². The van der Waals surface area contributed by atoms with Gasteiger partial charge in [-0.25, -0.2) is 4.79 Å². The van der Waals surface area contributed by atoms with E-state index in [0.29, 0.717) is 12.3 Å². The van der Waals surface area contributed by atoms with Gasteiger partial charge in [-0.1, -0.05) is 6.92 Å². The molecule has 0 saturated heterocycles. The van der Waals surface area contributed by atoms with Crippen LogP contribution in [0.5, 0.6) is 0 Å². The third-order valence-corrected chi connectivity index (χ3v) is 1.26. The average Bonchev–Trinajstić information content (AvgIpc) is 2.00. The highest BCUT2D eigenvalue weighted by atomic mass is 16.2. The zero-order chi connectivity index (χ0) is 8.15. The van der Waals surface area contributed by atoms with Crippen LogP contribution in [0, 0.1) is 5.41 Å². The van der Waals surface area contributed by atoms with Gasteiger partial charge in [0.2, 0.25) is 0 Å². The Morgan fingerprint density at radius 2 is 2.20 bits per heavy atom. The normalized spacial score (nSPS) is 8.70. The number of amidine groups is 1. The van der Waals surface area contributed by atoms with Crippen LogP contribution in [0.4, 0.5) is 4.79 Å². The third-order valence-electron chi connectivity index (χ3n) is 1.26. The van der Waals surface area contributed by atoms with Gasteiger partial charge < -0.3 is 5.32 Å². The van der Waals surface area contributed by atoms with Crippen molar-refractivity contribution in [2.45, 2.75) is 13.3 Å². The summed E-state index contributed by atoms with van der Waals surface area (Å²) in [5.74, 6) is 0.319. The van der Waals surface area contributed by atoms with Crippen LogP contribution in [0.2, 0.25) is 0 Å². The first-order chi connectivity index (χ1) is 4.63. The monoisotopic (exact) mass is 143 g/mol. The first-order valence-electron chi connectivity index (χ1n) is 3.16. The standard InChI is InChI=1S/C6H13N3O/c1-4-5(7)9(3)6(10)8-2/h7H,4H2,1-3H3,(H,8,10). The van der Waals surface area contributed by atoms with Crippen LogP contribution in [-0.4, -0.2) is 30.9 Å². The fourth-order valence-electron chi connectivity index (χ4n) is 0.527. The molecule has 0 heterocycles. The van der Waals surface area contributed by atoms with Gasteiger partial charge in [0.25, 0.3) is 0 Å². The van der Waals surface area contributed by atoms with Gasteiger partial charge in [-0.3, -0.25) is 10.3 Å². The van der Waals surface area contributed by atoms with E-state index >= 15 is 0 Å². The number of rotatable bonds is 1. The van der Waals surface area contributed by atoms with Gasteiger partial charge in [-0.15, -0.1) is 0 Å². The second-order valence-corrected chi connectivity index (χ2v) is 1.91. The summed E-state index contributed by atoms with van der Waals surface area (Å²) in [7, 11) is 3.12. The van der Waals surface area contributed by atoms with E-state index in [0.717, 1.165) is 0 Å². The van der Waals surface area contributed by atoms with Crippen LogP contribution in [0.1, 0.15) is 13.3 Å². The summed E-state index contributed by atoms with van der Waals surface area (Å²) in [5.41, 5.74) is 0. The molecule has 0 aliphatic carbocycles. The van der Waals surface area contributed by atoms with Crippen molar-refractivity contribution < 1.29 is 4.79 Å². The number of hydrogen-bond donors (Lipinski definition) is 2. The van der Waals surface area contributed by atoms with Crippen LogP contribution in [0.15, 0.2) is 0 Å². The van der Waals surface area contributed by atoms with Crippen molar-refractivity contribution in [2.75, 3.05) is 14.1 Å². The van der Waals surface area contributed by atoms with Crippen molar-refractivity contribution in [1.82, 2.24) is 10.2 Å². The lowest BCUT2D eigenvalue weighted by Gasteiger charge is -2.15. The summed E-state index contributed by atoms with van der Waals surface area (Å²) in [6.45, 7) is 1.84. The molecule has 0 spiro atoms. The molecule has 2 amide bonds. The molecule has 0 saturated carbocycles. The SMILES string of the molecule is CCC(=N)N(C)C(=O)NC. The maximum atomic E-state index is 10.8. The lowest BCUT2D eigenvalue weighted by molar-refractivity contribution is 0.228. The Balaban J connectivity index is 3.94. The Morgan fingerprint density at radius 1 is 1.70 bits per heavy atom. The van der Waals surface area contributed by atoms with Crippen LogP contribution in [0.3, 0.4) is 0 Å². The van der Waals surface area contributed by atoms with Gasteiger partial charge in [0.15, 0.2) is 0 Å². The van der Waals surface area contributed by atoms with Crippen molar-refractivity contribution in [3.8, 4) is 0 Å². The Bertz CT molecular complexity index is 128. The summed E-state index contributed by atoms with van der Waals surface area (Å²) >= 11 is 0. The first kappa shape index (κ1) is 8.94. The van der Waals surface area contributed by atoms with Crippen LogP contribution < -0.4 is 5.32 Å². The molecule has 0 bridgehead atoms. The van der Waals surface area contributed by atoms with Gasteiger partial charge >= 0.3 is 6.03 Å². The molecule has 0 radical (unpaired) electrons. The highest BCUT2D eigenvalue weighted by Crippen LogP contribution is 1.89. The second kappa shape index (κ2) is 3.87. The maximum absolute atomic E-state index is 10.8. The summed E-state index contributed by atoms with van der Waals surface area (Å²) in [5, 5.41) is 9.67. The van der Waals surface area contributed by atoms with E-state index in [1.807, 2.05) is 6.92 Å². The van der Waals surface area contributed by atoms with Gasteiger partial charge in [-0.2, -0.15) is 0 Å². The fourth-order valence-corrected chi connectivity index (χ4v) is 0.527. The molecule has 0 rings (SSSR count). The minimum absolute atomic E-state index is 0.244. The number of urea groups is 1. The van der Waals surface area contributed by atoms with Gasteiger partial charge in [0.05, 0.1) is 0 Å². The van der Waals surface area contributed by atoms with Crippen molar-refractivity contribution in [3.63, 3.8) is 0 Å². The zero-order valence-electron chi connectivity index (χ0n) is 6.56. The van der Waals surface area contributed by atoms with Crippen molar-refractivity contribution in [1.29, 1.82) is 5.41 Å². The van der Waals surface area contributed by atoms with E-state index in [1.54, 1.807) is 14.1 Å². The van der Waals surface area contributed by atoms with Crippen LogP contribution in [0.25, 0.3) is 0 Å². The smallest absolute Gasteiger partial charge is 0.322 e. The largest absolute Gasteiger partial charge is 0.341 e. The van der Waals surface area contributed by atoms with E-state index in [4.69, 9.17) is 5.41 Å². The lowest BCUT2D eigenvalue weighted by Crippen LogP contribution is -2.38. The Kier molecular flexibility index (Phi) is 3.46. The highest BCUT2D eigenvalue weighted by Gasteiger charge is 2.08. The number of hydrogen-bond acceptors (Lipinski definition) is 2. The van der Waals surface area contributed by atoms with Gasteiger partial charge in [0, 0.05) is 20.5 Å². The molecule has 4 heteroatoms. The fraction of sp³-hybridized carbons (Fsp3) is 0.667. The molecule has 58 valence electrons. The zero-order valence-corrected chi connectivity index (χ0v) is 6.56. The number of carbonyl (C=O) groups excluding carboxylic acids is 1. The van der Waals surface area contributed by atoms with E-state index in [2.05, 4.69) is 5.32 Å². The van der Waals surface area contributed by atoms with Crippen LogP contribution >= 0.6 is 0 Å². The molecule has 0 aliphatic rings. The molecule has 2 N–H and O–H groups in total. The van der Waals surface area contributed by atoms with Crippen molar-refractivity contribution >= 4 is 11.9 Å².